The third-order valence-corrected chi connectivity index (χ3v) is 1.87. The van der Waals surface area contributed by atoms with Crippen LogP contribution in [0.25, 0.3) is 0 Å². The van der Waals surface area contributed by atoms with Crippen LogP contribution in [0.15, 0.2) is 18.2 Å². The second-order valence-electron chi connectivity index (χ2n) is 2.97. The van der Waals surface area contributed by atoms with Crippen molar-refractivity contribution in [3.63, 3.8) is 0 Å². The highest BCUT2D eigenvalue weighted by molar-refractivity contribution is 6.73. The normalized spacial score (nSPS) is 11.2. The van der Waals surface area contributed by atoms with Crippen LogP contribution in [0.2, 0.25) is 0 Å². The van der Waals surface area contributed by atoms with Crippen LogP contribution in [-0.2, 0) is 0 Å². The second kappa shape index (κ2) is 3.84. The van der Waals surface area contributed by atoms with Crippen molar-refractivity contribution in [2.45, 2.75) is 0 Å². The van der Waals surface area contributed by atoms with E-state index in [1.807, 2.05) is 0 Å². The van der Waals surface area contributed by atoms with Crippen LogP contribution in [-0.4, -0.2) is 25.1 Å². The first-order valence-corrected chi connectivity index (χ1v) is 4.10. The van der Waals surface area contributed by atoms with E-state index in [1.165, 1.54) is 7.05 Å². The van der Waals surface area contributed by atoms with Crippen molar-refractivity contribution in [2.75, 3.05) is 12.4 Å². The van der Waals surface area contributed by atoms with Gasteiger partial charge in [-0.05, 0) is 6.07 Å². The van der Waals surface area contributed by atoms with Crippen LogP contribution in [0.4, 0.5) is 18.6 Å². The highest BCUT2D eigenvalue weighted by atomic mass is 19.4. The summed E-state index contributed by atoms with van der Waals surface area (Å²) in [6, 6.07) is 2.66. The number of hydrogen-bond donors (Lipinski definition) is 2. The summed E-state index contributed by atoms with van der Waals surface area (Å²) in [5.74, 6) is -1.38. The van der Waals surface area contributed by atoms with Gasteiger partial charge in [-0.15, -0.1) is 5.46 Å². The number of nitrogens with one attached hydrogen (secondary N) is 1. The maximum Gasteiger partial charge on any atom is 0.509 e. The first-order valence-electron chi connectivity index (χ1n) is 4.10. The first-order chi connectivity index (χ1) is 6.84. The lowest BCUT2D eigenvalue weighted by molar-refractivity contribution is 0.0697. The summed E-state index contributed by atoms with van der Waals surface area (Å²) in [5.41, 5.74) is -1.17. The standard InChI is InChI=1S/C8H8BF3NO2/c1-13-7-3-5(8(14)15)2-6(4-7)9(10,11)12/h2-4,13H,1H3,(H,14,15)/q-1. The van der Waals surface area contributed by atoms with Crippen LogP contribution in [0.1, 0.15) is 10.4 Å². The molecule has 3 nitrogen and oxygen atoms in total. The Balaban J connectivity index is 3.30. The molecule has 0 aromatic heterocycles. The summed E-state index contributed by atoms with van der Waals surface area (Å²) in [7, 11) is 1.42. The monoisotopic (exact) mass is 218 g/mol. The molecule has 0 heterocycles. The van der Waals surface area contributed by atoms with Gasteiger partial charge >= 0.3 is 12.9 Å². The van der Waals surface area contributed by atoms with Gasteiger partial charge in [0.1, 0.15) is 0 Å². The third kappa shape index (κ3) is 2.65. The van der Waals surface area contributed by atoms with Crippen LogP contribution < -0.4 is 10.8 Å². The fourth-order valence-corrected chi connectivity index (χ4v) is 1.11. The Kier molecular flexibility index (Phi) is 2.92. The maximum atomic E-state index is 12.4. The van der Waals surface area contributed by atoms with E-state index in [-0.39, 0.29) is 11.3 Å². The number of hydrogen-bond acceptors (Lipinski definition) is 2. The molecule has 1 aromatic carbocycles. The lowest BCUT2D eigenvalue weighted by Gasteiger charge is -2.16. The van der Waals surface area contributed by atoms with Gasteiger partial charge in [0.05, 0.1) is 5.56 Å². The Morgan fingerprint density at radius 2 is 1.93 bits per heavy atom. The number of carboxylic acids is 1. The molecule has 0 aliphatic carbocycles. The molecule has 0 unspecified atom stereocenters. The molecule has 1 rings (SSSR count). The van der Waals surface area contributed by atoms with Gasteiger partial charge < -0.3 is 23.4 Å². The molecule has 0 amide bonds. The van der Waals surface area contributed by atoms with Gasteiger partial charge in [-0.3, -0.25) is 0 Å². The lowest BCUT2D eigenvalue weighted by Crippen LogP contribution is -2.34. The summed E-state index contributed by atoms with van der Waals surface area (Å²) < 4.78 is 37.2. The van der Waals surface area contributed by atoms with Crippen molar-refractivity contribution in [3.8, 4) is 0 Å². The smallest absolute Gasteiger partial charge is 0.478 e. The van der Waals surface area contributed by atoms with E-state index < -0.39 is 18.4 Å². The number of aromatic carboxylic acids is 1. The summed E-state index contributed by atoms with van der Waals surface area (Å²) >= 11 is 0. The zero-order valence-corrected chi connectivity index (χ0v) is 7.80. The largest absolute Gasteiger partial charge is 0.509 e. The predicted octanol–water partition coefficient (Wildman–Crippen LogP) is 1.48. The summed E-state index contributed by atoms with van der Waals surface area (Å²) in [5, 5.41) is 11.1. The van der Waals surface area contributed by atoms with E-state index in [9.17, 15) is 17.7 Å². The van der Waals surface area contributed by atoms with Gasteiger partial charge in [-0.2, -0.15) is 0 Å². The second-order valence-corrected chi connectivity index (χ2v) is 2.97. The van der Waals surface area contributed by atoms with Crippen molar-refractivity contribution in [1.82, 2.24) is 0 Å². The van der Waals surface area contributed by atoms with E-state index >= 15 is 0 Å². The number of carbonyl (C=O) groups is 1. The molecule has 2 N–H and O–H groups in total. The topological polar surface area (TPSA) is 49.3 Å². The quantitative estimate of drug-likeness (QED) is 0.755. The molecular weight excluding hydrogens is 210 g/mol. The lowest BCUT2D eigenvalue weighted by atomic mass is 9.79. The number of halogens is 3. The molecule has 0 bridgehead atoms. The first kappa shape index (κ1) is 11.4. The summed E-state index contributed by atoms with van der Waals surface area (Å²) in [4.78, 5) is 10.6. The molecule has 0 spiro atoms. The number of anilines is 1. The minimum atomic E-state index is -5.18. The highest BCUT2D eigenvalue weighted by Crippen LogP contribution is 2.15. The van der Waals surface area contributed by atoms with Crippen molar-refractivity contribution >= 4 is 24.1 Å². The van der Waals surface area contributed by atoms with Crippen molar-refractivity contribution in [3.05, 3.63) is 23.8 Å². The number of carboxylic acid groups (broad SMARTS) is 1. The highest BCUT2D eigenvalue weighted by Gasteiger charge is 2.26. The Labute approximate surface area is 84.0 Å². The van der Waals surface area contributed by atoms with Crippen molar-refractivity contribution in [1.29, 1.82) is 0 Å². The van der Waals surface area contributed by atoms with E-state index in [2.05, 4.69) is 5.32 Å². The number of benzene rings is 1. The minimum Gasteiger partial charge on any atom is -0.478 e. The molecule has 0 radical (unpaired) electrons. The molecule has 0 aliphatic rings. The van der Waals surface area contributed by atoms with Crippen LogP contribution in [0.3, 0.4) is 0 Å². The molecule has 15 heavy (non-hydrogen) atoms. The SMILES string of the molecule is CNc1cc(C(=O)O)cc([B-](F)(F)F)c1. The Morgan fingerprint density at radius 3 is 2.33 bits per heavy atom. The zero-order chi connectivity index (χ0) is 11.6. The Bertz CT molecular complexity index is 392. The van der Waals surface area contributed by atoms with E-state index in [0.29, 0.717) is 6.07 Å². The van der Waals surface area contributed by atoms with Gasteiger partial charge in [0.25, 0.3) is 0 Å². The summed E-state index contributed by atoms with van der Waals surface area (Å²) in [6.07, 6.45) is 0. The Morgan fingerprint density at radius 1 is 1.33 bits per heavy atom. The molecule has 82 valence electrons. The van der Waals surface area contributed by atoms with Gasteiger partial charge in [-0.25, -0.2) is 4.79 Å². The minimum absolute atomic E-state index is 0.129. The van der Waals surface area contributed by atoms with E-state index in [1.54, 1.807) is 0 Å². The molecule has 0 fully saturated rings. The molecule has 1 aromatic rings. The van der Waals surface area contributed by atoms with E-state index in [4.69, 9.17) is 5.11 Å². The van der Waals surface area contributed by atoms with Gasteiger partial charge in [-0.1, -0.05) is 12.1 Å². The maximum absolute atomic E-state index is 12.4. The number of rotatable bonds is 3. The summed E-state index contributed by atoms with van der Waals surface area (Å²) in [6.45, 7) is -5.18. The Hall–Kier alpha value is -1.66. The van der Waals surface area contributed by atoms with Crippen molar-refractivity contribution in [2.24, 2.45) is 0 Å². The third-order valence-electron chi connectivity index (χ3n) is 1.87. The zero-order valence-electron chi connectivity index (χ0n) is 7.80. The fraction of sp³-hybridized carbons (Fsp3) is 0.125. The van der Waals surface area contributed by atoms with Crippen LogP contribution >= 0.6 is 0 Å². The molecule has 0 saturated carbocycles. The van der Waals surface area contributed by atoms with Gasteiger partial charge in [0.15, 0.2) is 0 Å². The molecule has 7 heteroatoms. The van der Waals surface area contributed by atoms with Crippen LogP contribution in [0, 0.1) is 0 Å². The molecular formula is C8H8BF3NO2-. The van der Waals surface area contributed by atoms with E-state index in [0.717, 1.165) is 12.1 Å². The predicted molar refractivity (Wildman–Crippen MR) is 51.7 cm³/mol. The molecule has 0 atom stereocenters. The fourth-order valence-electron chi connectivity index (χ4n) is 1.11. The average molecular weight is 218 g/mol. The average Bonchev–Trinajstić information content (AvgIpc) is 2.15. The molecule has 0 aliphatic heterocycles. The van der Waals surface area contributed by atoms with Gasteiger partial charge in [0, 0.05) is 12.7 Å². The van der Waals surface area contributed by atoms with Crippen molar-refractivity contribution < 1.29 is 22.8 Å². The van der Waals surface area contributed by atoms with Gasteiger partial charge in [0.2, 0.25) is 0 Å². The molecule has 0 saturated heterocycles. The van der Waals surface area contributed by atoms with Crippen LogP contribution in [0.5, 0.6) is 0 Å².